The van der Waals surface area contributed by atoms with Gasteiger partial charge in [-0.05, 0) is 353 Å². The second-order valence-corrected chi connectivity index (χ2v) is 79.4. The first-order valence-electron chi connectivity index (χ1n) is 46.8. The molecule has 4 N–H and O–H groups in total. The van der Waals surface area contributed by atoms with Crippen molar-refractivity contribution in [3.63, 3.8) is 0 Å². The van der Waals surface area contributed by atoms with Gasteiger partial charge in [-0.25, -0.2) is 0 Å². The molecule has 9 aliphatic carbocycles. The Kier molecular flexibility index (Phi) is 31.6. The Hall–Kier alpha value is -0.499. The van der Waals surface area contributed by atoms with E-state index in [4.69, 9.17) is 33.0 Å². The molecular formula is C99H186O10Si6. The third-order valence-electron chi connectivity index (χ3n) is 38.5. The van der Waals surface area contributed by atoms with Crippen LogP contribution in [0.2, 0.25) is 109 Å². The summed E-state index contributed by atoms with van der Waals surface area (Å²) in [7, 11) is -11.5. The molecule has 0 aromatic heterocycles. The van der Waals surface area contributed by atoms with E-state index in [1.54, 1.807) is 0 Å². The molecule has 10 nitrogen and oxygen atoms in total. The van der Waals surface area contributed by atoms with Crippen LogP contribution in [0.25, 0.3) is 0 Å². The van der Waals surface area contributed by atoms with Gasteiger partial charge >= 0.3 is 0 Å². The lowest BCUT2D eigenvalue weighted by Crippen LogP contribution is -2.57. The molecular weight excluding hydrogens is 1520 g/mol. The second kappa shape index (κ2) is 35.7. The molecule has 0 aromatic carbocycles. The first-order valence-corrected chi connectivity index (χ1v) is 64.3. The van der Waals surface area contributed by atoms with Gasteiger partial charge in [-0.3, -0.25) is 0 Å². The van der Waals surface area contributed by atoms with E-state index >= 15 is 0 Å². The molecule has 9 rings (SSSR count). The van der Waals surface area contributed by atoms with E-state index < -0.39 is 55.5 Å². The van der Waals surface area contributed by atoms with Crippen LogP contribution in [0.5, 0.6) is 0 Å². The van der Waals surface area contributed by atoms with Crippen molar-refractivity contribution in [1.29, 1.82) is 0 Å². The van der Waals surface area contributed by atoms with Gasteiger partial charge in [0.2, 0.25) is 0 Å². The lowest BCUT2D eigenvalue weighted by atomic mass is 9.48. The molecule has 9 aliphatic rings. The van der Waals surface area contributed by atoms with Crippen molar-refractivity contribution >= 4 is 49.9 Å². The van der Waals surface area contributed by atoms with Crippen LogP contribution in [0.1, 0.15) is 301 Å². The van der Waals surface area contributed by atoms with Gasteiger partial charge in [-0.2, -0.15) is 0 Å². The van der Waals surface area contributed by atoms with Crippen LogP contribution in [0.3, 0.4) is 0 Å². The van der Waals surface area contributed by atoms with E-state index in [-0.39, 0.29) is 100.0 Å². The quantitative estimate of drug-likeness (QED) is 0.0500. The maximum absolute atomic E-state index is 11.8. The van der Waals surface area contributed by atoms with Crippen LogP contribution in [-0.4, -0.2) is 134 Å². The molecule has 0 heterocycles. The first-order chi connectivity index (χ1) is 52.0. The SMILES string of the molecule is C#C[C@]1(O)CCC2[C@H](CO[Si](C)(C)C(C)(C)C)C([C@@]3(C)CC[C@H](O[Si](C)(C)C(C)(C)C)C[C@@H]3CO[Si](C)(C)C(C)(C)C)CC[C@@]21C.C=C=C1CCC2[C@H](CO)C([C@@]3(C)CC[C@H](O)C[C@@H]3CO)CC[C@]12C.C=C=C1CCC2[C@H](CO[Si](C)(C)C(C)(C)C)C([C@@]3(C)CC[C@H](O[Si](C)(C)C(C)(C)C)C[C@@H]3CO[Si](C)(C)C(C)(C)C)CC[C@]12C. The van der Waals surface area contributed by atoms with Gasteiger partial charge < -0.3 is 47.0 Å². The Morgan fingerprint density at radius 2 is 0.687 bits per heavy atom. The summed E-state index contributed by atoms with van der Waals surface area (Å²) in [6.07, 6.45) is 28.9. The van der Waals surface area contributed by atoms with Gasteiger partial charge in [0.25, 0.3) is 0 Å². The highest BCUT2D eigenvalue weighted by Gasteiger charge is 2.66. The van der Waals surface area contributed by atoms with Crippen LogP contribution in [0.15, 0.2) is 35.8 Å². The molecule has 9 saturated carbocycles. The minimum absolute atomic E-state index is 0.0172. The third-order valence-corrected chi connectivity index (χ3v) is 65.5. The molecule has 666 valence electrons. The lowest BCUT2D eigenvalue weighted by molar-refractivity contribution is -0.132. The molecule has 0 saturated heterocycles. The maximum Gasteiger partial charge on any atom is 0.192 e. The minimum Gasteiger partial charge on any atom is -0.417 e. The number of hydrogen-bond acceptors (Lipinski definition) is 10. The predicted octanol–water partition coefficient (Wildman–Crippen LogP) is 26.7. The predicted molar refractivity (Wildman–Crippen MR) is 503 cm³/mol. The zero-order valence-corrected chi connectivity index (χ0v) is 88.0. The summed E-state index contributed by atoms with van der Waals surface area (Å²) < 4.78 is 42.9. The monoisotopic (exact) mass is 1700 g/mol. The van der Waals surface area contributed by atoms with E-state index in [2.05, 4.69) is 275 Å². The van der Waals surface area contributed by atoms with Gasteiger partial charge in [0, 0.05) is 57.3 Å². The standard InChI is InChI=1S/C39H76O4Si3.C39H76O3Si3.C21H34O3/c1-19-39(40)25-22-33-31(28-42-45(15,16)35(5,6)7)32(21-24-38(33,39)12)37(11)23-20-30(43-46(17,18)36(8,9)10)26-29(37)27-41-44(13,14)34(2,3)4;1-19-29-20-21-33-32(28-41-44(15,16)36(5,6)7)34(23-25-38(29,33)11)39(12)24-22-31(42-45(17,18)37(8,9)10)26-30(39)27-40-43(13,14)35(2,3)4;1-4-14-5-6-18-17(13-23)19(8-10-20(14,18)2)21(3)9-7-16(24)11-15(21)12-22/h1,29-33,40H,20-28H2,2-18H3;30-34H,1,20-28H2,2-18H3;15-19,22-24H,1,5-13H2,2-3H3/t29-,30+,31-,32?,33?,37+,38+,39+;30-,31+,32+,33?,34?,38-,39+;15-,16+,17+,18?,19?,20-,21+/m111/s1. The fourth-order valence-electron chi connectivity index (χ4n) is 23.4. The molecule has 0 spiro atoms. The first kappa shape index (κ1) is 102. The second-order valence-electron chi connectivity index (χ2n) is 50.7. The van der Waals surface area contributed by atoms with Crippen molar-refractivity contribution in [3.8, 4) is 12.3 Å². The van der Waals surface area contributed by atoms with Gasteiger partial charge in [-0.15, -0.1) is 17.9 Å². The molecule has 6 unspecified atom stereocenters. The molecule has 0 aliphatic heterocycles. The summed E-state index contributed by atoms with van der Waals surface area (Å²) in [6.45, 7) is 98.1. The van der Waals surface area contributed by atoms with Crippen molar-refractivity contribution in [2.24, 2.45) is 104 Å². The van der Waals surface area contributed by atoms with Crippen LogP contribution < -0.4 is 0 Å². The Bertz CT molecular complexity index is 3390. The van der Waals surface area contributed by atoms with Crippen LogP contribution in [0.4, 0.5) is 0 Å². The largest absolute Gasteiger partial charge is 0.417 e. The summed E-state index contributed by atoms with van der Waals surface area (Å²) in [5.41, 5.74) is 8.85. The van der Waals surface area contributed by atoms with Crippen LogP contribution >= 0.6 is 0 Å². The van der Waals surface area contributed by atoms with Crippen molar-refractivity contribution in [1.82, 2.24) is 0 Å². The van der Waals surface area contributed by atoms with E-state index in [9.17, 15) is 20.4 Å². The van der Waals surface area contributed by atoms with Crippen molar-refractivity contribution in [2.45, 2.75) is 434 Å². The molecule has 16 heteroatoms. The van der Waals surface area contributed by atoms with E-state index in [1.807, 2.05) is 0 Å². The number of hydrogen-bond donors (Lipinski definition) is 4. The Labute approximate surface area is 717 Å². The molecule has 0 amide bonds. The summed E-state index contributed by atoms with van der Waals surface area (Å²) in [4.78, 5) is 0. The fraction of sp³-hybridized carbons (Fsp3) is 0.919. The third kappa shape index (κ3) is 20.6. The summed E-state index contributed by atoms with van der Waals surface area (Å²) in [5, 5.41) is 43.2. The van der Waals surface area contributed by atoms with E-state index in [1.165, 1.54) is 43.3 Å². The topological polar surface area (TPSA) is 136 Å². The average molecular weight is 1710 g/mol. The number of aliphatic hydroxyl groups excluding tert-OH is 3. The molecule has 115 heavy (non-hydrogen) atoms. The number of terminal acetylenes is 1. The van der Waals surface area contributed by atoms with Crippen LogP contribution in [0, 0.1) is 116 Å². The lowest BCUT2D eigenvalue weighted by Gasteiger charge is -2.59. The van der Waals surface area contributed by atoms with Crippen molar-refractivity contribution in [3.05, 3.63) is 35.8 Å². The fourth-order valence-corrected chi connectivity index (χ4v) is 30.4. The molecule has 9 fully saturated rings. The smallest absolute Gasteiger partial charge is 0.192 e. The Morgan fingerprint density at radius 1 is 0.374 bits per heavy atom. The van der Waals surface area contributed by atoms with Gasteiger partial charge in [0.05, 0.1) is 6.10 Å². The Balaban J connectivity index is 0.000000250. The number of allylic oxidation sites excluding steroid dienone is 2. The van der Waals surface area contributed by atoms with Crippen molar-refractivity contribution < 1.29 is 47.0 Å². The highest BCUT2D eigenvalue weighted by Crippen LogP contribution is 2.69. The average Bonchev–Trinajstić information content (AvgIpc) is 1.63. The number of fused-ring (bicyclic) bond motifs is 3. The maximum atomic E-state index is 11.8. The molecule has 22 atom stereocenters. The molecule has 0 aromatic rings. The Morgan fingerprint density at radius 3 is 1.03 bits per heavy atom. The summed E-state index contributed by atoms with van der Waals surface area (Å²) in [6, 6.07) is 0. The molecule has 0 bridgehead atoms. The highest BCUT2D eigenvalue weighted by atomic mass is 28.4. The van der Waals surface area contributed by atoms with Crippen LogP contribution in [-0.2, 0) is 26.6 Å². The zero-order chi connectivity index (χ0) is 87.8. The van der Waals surface area contributed by atoms with Gasteiger partial charge in [-0.1, -0.05) is 185 Å². The zero-order valence-electron chi connectivity index (χ0n) is 82.0. The van der Waals surface area contributed by atoms with E-state index in [0.29, 0.717) is 78.1 Å². The number of aliphatic hydroxyl groups is 4. The summed E-state index contributed by atoms with van der Waals surface area (Å²) in [5.74, 6) is 8.21. The van der Waals surface area contributed by atoms with Crippen molar-refractivity contribution in [2.75, 3.05) is 39.6 Å². The highest BCUT2D eigenvalue weighted by molar-refractivity contribution is 6.76. The molecule has 0 radical (unpaired) electrons. The minimum atomic E-state index is -1.98. The van der Waals surface area contributed by atoms with Gasteiger partial charge in [0.1, 0.15) is 5.60 Å². The normalized spacial score (nSPS) is 38.2. The van der Waals surface area contributed by atoms with E-state index in [0.717, 1.165) is 116 Å². The van der Waals surface area contributed by atoms with Gasteiger partial charge in [0.15, 0.2) is 49.9 Å². The summed E-state index contributed by atoms with van der Waals surface area (Å²) >= 11 is 0. The number of rotatable bonds is 21.